The van der Waals surface area contributed by atoms with Crippen molar-refractivity contribution in [2.45, 2.75) is 15.0 Å². The SMILES string of the molecule is COc1ccc(S(=O)(=O)C2CN(S(=O)(=O)c3ccc4oc(=O)[nH]c4c3)C2)cc1. The molecular weight excluding hydrogens is 408 g/mol. The van der Waals surface area contributed by atoms with Gasteiger partial charge in [0, 0.05) is 13.1 Å². The van der Waals surface area contributed by atoms with E-state index in [2.05, 4.69) is 4.98 Å². The van der Waals surface area contributed by atoms with Crippen LogP contribution >= 0.6 is 0 Å². The van der Waals surface area contributed by atoms with Crippen molar-refractivity contribution >= 4 is 31.0 Å². The monoisotopic (exact) mass is 424 g/mol. The number of hydrogen-bond acceptors (Lipinski definition) is 7. The highest BCUT2D eigenvalue weighted by atomic mass is 32.2. The fourth-order valence-corrected chi connectivity index (χ4v) is 6.39. The Morgan fingerprint density at radius 3 is 2.32 bits per heavy atom. The van der Waals surface area contributed by atoms with Gasteiger partial charge in [0.1, 0.15) is 5.75 Å². The molecule has 3 aromatic rings. The van der Waals surface area contributed by atoms with E-state index < -0.39 is 30.9 Å². The lowest BCUT2D eigenvalue weighted by atomic mass is 10.3. The zero-order valence-electron chi connectivity index (χ0n) is 14.7. The number of aromatic amines is 1. The molecule has 0 aliphatic carbocycles. The highest BCUT2D eigenvalue weighted by molar-refractivity contribution is 7.92. The van der Waals surface area contributed by atoms with E-state index in [0.717, 1.165) is 4.31 Å². The molecule has 2 aromatic carbocycles. The van der Waals surface area contributed by atoms with Crippen molar-refractivity contribution < 1.29 is 26.0 Å². The van der Waals surface area contributed by atoms with Crippen molar-refractivity contribution in [2.24, 2.45) is 0 Å². The smallest absolute Gasteiger partial charge is 0.417 e. The van der Waals surface area contributed by atoms with Crippen molar-refractivity contribution in [2.75, 3.05) is 20.2 Å². The number of sulfonamides is 1. The van der Waals surface area contributed by atoms with Crippen LogP contribution in [0, 0.1) is 0 Å². The molecule has 1 aliphatic rings. The number of aromatic nitrogens is 1. The Bertz CT molecular complexity index is 1300. The third-order valence-electron chi connectivity index (χ3n) is 4.67. The molecule has 148 valence electrons. The second-order valence-electron chi connectivity index (χ2n) is 6.34. The van der Waals surface area contributed by atoms with Crippen molar-refractivity contribution in [1.29, 1.82) is 0 Å². The summed E-state index contributed by atoms with van der Waals surface area (Å²) in [6.45, 7) is -0.284. The summed E-state index contributed by atoms with van der Waals surface area (Å²) in [6.07, 6.45) is 0. The molecule has 28 heavy (non-hydrogen) atoms. The molecule has 2 heterocycles. The number of rotatable bonds is 5. The third kappa shape index (κ3) is 3.01. The fourth-order valence-electron chi connectivity index (χ4n) is 2.99. The quantitative estimate of drug-likeness (QED) is 0.647. The van der Waals surface area contributed by atoms with Gasteiger partial charge in [-0.2, -0.15) is 4.31 Å². The normalized spacial score (nSPS) is 16.2. The Labute approximate surface area is 160 Å². The molecule has 9 nitrogen and oxygen atoms in total. The Hall–Kier alpha value is -2.63. The molecule has 0 spiro atoms. The number of H-pyrrole nitrogens is 1. The van der Waals surface area contributed by atoms with E-state index in [0.29, 0.717) is 5.75 Å². The van der Waals surface area contributed by atoms with E-state index in [1.165, 1.54) is 37.4 Å². The Kier molecular flexibility index (Phi) is 4.32. The molecule has 1 saturated heterocycles. The van der Waals surface area contributed by atoms with Crippen LogP contribution in [0.4, 0.5) is 0 Å². The van der Waals surface area contributed by atoms with Crippen molar-refractivity contribution in [3.8, 4) is 5.75 Å². The van der Waals surface area contributed by atoms with Crippen LogP contribution < -0.4 is 10.5 Å². The van der Waals surface area contributed by atoms with E-state index in [9.17, 15) is 21.6 Å². The number of sulfone groups is 1. The topological polar surface area (TPSA) is 127 Å². The number of methoxy groups -OCH3 is 1. The molecule has 0 saturated carbocycles. The maximum Gasteiger partial charge on any atom is 0.417 e. The lowest BCUT2D eigenvalue weighted by Crippen LogP contribution is -2.56. The summed E-state index contributed by atoms with van der Waals surface area (Å²) in [4.78, 5) is 13.7. The molecule has 0 amide bonds. The molecule has 11 heteroatoms. The van der Waals surface area contributed by atoms with E-state index in [-0.39, 0.29) is 34.0 Å². The molecule has 4 rings (SSSR count). The van der Waals surface area contributed by atoms with Gasteiger partial charge in [0.2, 0.25) is 10.0 Å². The standard InChI is InChI=1S/C17H16N2O7S2/c1-25-11-2-4-12(5-3-11)27(21,22)14-9-19(10-14)28(23,24)13-6-7-16-15(8-13)18-17(20)26-16/h2-8,14H,9-10H2,1H3,(H,18,20). The van der Waals surface area contributed by atoms with Crippen LogP contribution in [-0.4, -0.2) is 51.6 Å². The Balaban J connectivity index is 1.54. The maximum atomic E-state index is 12.7. The summed E-state index contributed by atoms with van der Waals surface area (Å²) < 4.78 is 61.8. The zero-order chi connectivity index (χ0) is 20.1. The molecule has 1 aliphatic heterocycles. The molecule has 0 bridgehead atoms. The van der Waals surface area contributed by atoms with Crippen LogP contribution in [0.1, 0.15) is 0 Å². The van der Waals surface area contributed by atoms with E-state index in [4.69, 9.17) is 9.15 Å². The van der Waals surface area contributed by atoms with Gasteiger partial charge in [-0.15, -0.1) is 0 Å². The maximum absolute atomic E-state index is 12.7. The van der Waals surface area contributed by atoms with Gasteiger partial charge in [-0.3, -0.25) is 4.98 Å². The lowest BCUT2D eigenvalue weighted by molar-refractivity contribution is 0.309. The molecule has 0 radical (unpaired) electrons. The van der Waals surface area contributed by atoms with Crippen LogP contribution in [0.2, 0.25) is 0 Å². The van der Waals surface area contributed by atoms with Gasteiger partial charge in [-0.25, -0.2) is 21.6 Å². The second-order valence-corrected chi connectivity index (χ2v) is 10.5. The van der Waals surface area contributed by atoms with Crippen molar-refractivity contribution in [3.63, 3.8) is 0 Å². The summed E-state index contributed by atoms with van der Waals surface area (Å²) in [7, 11) is -6.06. The first-order chi connectivity index (χ1) is 13.2. The Morgan fingerprint density at radius 2 is 1.68 bits per heavy atom. The molecule has 0 unspecified atom stereocenters. The number of benzene rings is 2. The summed E-state index contributed by atoms with van der Waals surface area (Å²) in [6, 6.07) is 9.96. The largest absolute Gasteiger partial charge is 0.497 e. The zero-order valence-corrected chi connectivity index (χ0v) is 16.3. The van der Waals surface area contributed by atoms with Crippen LogP contribution in [0.3, 0.4) is 0 Å². The summed E-state index contributed by atoms with van der Waals surface area (Å²) >= 11 is 0. The summed E-state index contributed by atoms with van der Waals surface area (Å²) in [5.74, 6) is -0.149. The molecule has 1 fully saturated rings. The number of nitrogens with zero attached hydrogens (tertiary/aromatic N) is 1. The molecule has 0 atom stereocenters. The number of ether oxygens (including phenoxy) is 1. The summed E-state index contributed by atoms with van der Waals surface area (Å²) in [5.41, 5.74) is 0.501. The third-order valence-corrected chi connectivity index (χ3v) is 8.60. The number of nitrogens with one attached hydrogen (secondary N) is 1. The van der Waals surface area contributed by atoms with Gasteiger partial charge in [0.05, 0.1) is 27.7 Å². The minimum absolute atomic E-state index is 0.0441. The first-order valence-corrected chi connectivity index (χ1v) is 11.2. The molecule has 1 aromatic heterocycles. The van der Waals surface area contributed by atoms with Gasteiger partial charge < -0.3 is 9.15 Å². The minimum Gasteiger partial charge on any atom is -0.497 e. The van der Waals surface area contributed by atoms with Gasteiger partial charge in [0.15, 0.2) is 15.4 Å². The van der Waals surface area contributed by atoms with Crippen LogP contribution in [0.5, 0.6) is 5.75 Å². The van der Waals surface area contributed by atoms with Gasteiger partial charge in [-0.1, -0.05) is 0 Å². The van der Waals surface area contributed by atoms with Gasteiger partial charge in [-0.05, 0) is 42.5 Å². The van der Waals surface area contributed by atoms with E-state index in [1.807, 2.05) is 0 Å². The average molecular weight is 424 g/mol. The van der Waals surface area contributed by atoms with Crippen LogP contribution in [0.15, 0.2) is 61.5 Å². The number of fused-ring (bicyclic) bond motifs is 1. The fraction of sp³-hybridized carbons (Fsp3) is 0.235. The van der Waals surface area contributed by atoms with Gasteiger partial charge in [0.25, 0.3) is 0 Å². The molecular formula is C17H16N2O7S2. The lowest BCUT2D eigenvalue weighted by Gasteiger charge is -2.37. The van der Waals surface area contributed by atoms with Gasteiger partial charge >= 0.3 is 5.76 Å². The van der Waals surface area contributed by atoms with Crippen LogP contribution in [-0.2, 0) is 19.9 Å². The Morgan fingerprint density at radius 1 is 1.04 bits per heavy atom. The van der Waals surface area contributed by atoms with Crippen LogP contribution in [0.25, 0.3) is 11.1 Å². The van der Waals surface area contributed by atoms with Crippen molar-refractivity contribution in [3.05, 3.63) is 53.0 Å². The van der Waals surface area contributed by atoms with E-state index in [1.54, 1.807) is 12.1 Å². The highest BCUT2D eigenvalue weighted by Gasteiger charge is 2.44. The summed E-state index contributed by atoms with van der Waals surface area (Å²) in [5, 5.41) is -0.826. The van der Waals surface area contributed by atoms with E-state index >= 15 is 0 Å². The first-order valence-electron chi connectivity index (χ1n) is 8.23. The number of oxazole rings is 1. The second kappa shape index (κ2) is 6.47. The minimum atomic E-state index is -3.89. The average Bonchev–Trinajstić information content (AvgIpc) is 2.99. The van der Waals surface area contributed by atoms with Crippen molar-refractivity contribution in [1.82, 2.24) is 9.29 Å². The molecule has 1 N–H and O–H groups in total. The highest BCUT2D eigenvalue weighted by Crippen LogP contribution is 2.30. The predicted molar refractivity (Wildman–Crippen MR) is 99.6 cm³/mol. The number of hydrogen-bond donors (Lipinski definition) is 1. The predicted octanol–water partition coefficient (Wildman–Crippen LogP) is 0.976. The first kappa shape index (κ1) is 18.7.